The Morgan fingerprint density at radius 1 is 0.958 bits per heavy atom. The number of rotatable bonds is 12. The van der Waals surface area contributed by atoms with Gasteiger partial charge in [0.1, 0.15) is 13.2 Å². The van der Waals surface area contributed by atoms with Gasteiger partial charge in [-0.25, -0.2) is 0 Å². The summed E-state index contributed by atoms with van der Waals surface area (Å²) in [5.74, 6) is -2.30. The highest BCUT2D eigenvalue weighted by molar-refractivity contribution is 5.70. The third-order valence-electron chi connectivity index (χ3n) is 3.09. The quantitative estimate of drug-likeness (QED) is 0.322. The third-order valence-corrected chi connectivity index (χ3v) is 3.09. The molecule has 0 spiro atoms. The number of esters is 3. The molecule has 0 aliphatic heterocycles. The molecule has 0 rings (SSSR count). The topological polar surface area (TPSA) is 116 Å². The predicted molar refractivity (Wildman–Crippen MR) is 83.0 cm³/mol. The van der Waals surface area contributed by atoms with Gasteiger partial charge in [0.05, 0.1) is 0 Å². The number of aliphatic carboxylic acids is 1. The number of unbranched alkanes of at least 4 members (excludes halogenated alkanes) is 1. The van der Waals surface area contributed by atoms with Crippen molar-refractivity contribution in [3.63, 3.8) is 0 Å². The average Bonchev–Trinajstić information content (AvgIpc) is 2.45. The van der Waals surface area contributed by atoms with Gasteiger partial charge in [0.2, 0.25) is 0 Å². The summed E-state index contributed by atoms with van der Waals surface area (Å²) in [7, 11) is 0. The maximum Gasteiger partial charge on any atom is 0.306 e. The lowest BCUT2D eigenvalue weighted by Crippen LogP contribution is -2.30. The number of carbonyl (C=O) groups excluding carboxylic acids is 3. The van der Waals surface area contributed by atoms with E-state index < -0.39 is 30.0 Å². The van der Waals surface area contributed by atoms with Crippen LogP contribution in [0.1, 0.15) is 52.9 Å². The standard InChI is InChI=1S/C16H26O8/c1-11(8-15(19)20)6-4-5-7-16(21)24-14(9-22-12(2)17)10-23-13(3)18/h11,14H,4-10H2,1-3H3,(H,19,20). The fourth-order valence-corrected chi connectivity index (χ4v) is 1.94. The normalized spacial score (nSPS) is 11.7. The number of ether oxygens (including phenoxy) is 3. The molecule has 0 saturated heterocycles. The van der Waals surface area contributed by atoms with Crippen LogP contribution in [0.3, 0.4) is 0 Å². The number of carbonyl (C=O) groups is 4. The molecule has 8 nitrogen and oxygen atoms in total. The summed E-state index contributed by atoms with van der Waals surface area (Å²) in [6.07, 6.45) is 1.42. The molecule has 1 unspecified atom stereocenters. The van der Waals surface area contributed by atoms with Crippen LogP contribution in [-0.2, 0) is 33.4 Å². The van der Waals surface area contributed by atoms with Crippen molar-refractivity contribution in [1.29, 1.82) is 0 Å². The molecule has 24 heavy (non-hydrogen) atoms. The van der Waals surface area contributed by atoms with E-state index in [-0.39, 0.29) is 32.0 Å². The van der Waals surface area contributed by atoms with Gasteiger partial charge in [-0.15, -0.1) is 0 Å². The summed E-state index contributed by atoms with van der Waals surface area (Å²) < 4.78 is 14.7. The van der Waals surface area contributed by atoms with Crippen LogP contribution in [0.2, 0.25) is 0 Å². The van der Waals surface area contributed by atoms with Gasteiger partial charge < -0.3 is 19.3 Å². The second-order valence-corrected chi connectivity index (χ2v) is 5.67. The molecule has 0 saturated carbocycles. The fraction of sp³-hybridized carbons (Fsp3) is 0.750. The number of carboxylic acid groups (broad SMARTS) is 1. The molecular formula is C16H26O8. The first-order valence-corrected chi connectivity index (χ1v) is 7.88. The number of hydrogen-bond acceptors (Lipinski definition) is 7. The van der Waals surface area contributed by atoms with Crippen LogP contribution < -0.4 is 0 Å². The Hall–Kier alpha value is -2.12. The first kappa shape index (κ1) is 21.9. The zero-order valence-electron chi connectivity index (χ0n) is 14.4. The minimum Gasteiger partial charge on any atom is -0.481 e. The molecule has 0 aliphatic carbocycles. The van der Waals surface area contributed by atoms with Crippen molar-refractivity contribution in [1.82, 2.24) is 0 Å². The molecule has 138 valence electrons. The molecule has 0 aliphatic rings. The van der Waals surface area contributed by atoms with Crippen molar-refractivity contribution >= 4 is 23.9 Å². The molecule has 0 bridgehead atoms. The zero-order chi connectivity index (χ0) is 18.5. The third kappa shape index (κ3) is 13.5. The van der Waals surface area contributed by atoms with Crippen LogP contribution in [-0.4, -0.2) is 48.3 Å². The summed E-state index contributed by atoms with van der Waals surface area (Å²) in [6, 6.07) is 0. The second-order valence-electron chi connectivity index (χ2n) is 5.67. The van der Waals surface area contributed by atoms with Crippen molar-refractivity contribution in [2.75, 3.05) is 13.2 Å². The van der Waals surface area contributed by atoms with Gasteiger partial charge in [-0.3, -0.25) is 19.2 Å². The zero-order valence-corrected chi connectivity index (χ0v) is 14.4. The van der Waals surface area contributed by atoms with E-state index in [4.69, 9.17) is 19.3 Å². The van der Waals surface area contributed by atoms with E-state index in [0.29, 0.717) is 19.3 Å². The van der Waals surface area contributed by atoms with E-state index >= 15 is 0 Å². The van der Waals surface area contributed by atoms with Gasteiger partial charge in [-0.2, -0.15) is 0 Å². The Morgan fingerprint density at radius 3 is 1.96 bits per heavy atom. The van der Waals surface area contributed by atoms with Crippen LogP contribution in [0.15, 0.2) is 0 Å². The van der Waals surface area contributed by atoms with E-state index in [2.05, 4.69) is 0 Å². The molecule has 0 aromatic heterocycles. The highest BCUT2D eigenvalue weighted by atomic mass is 16.6. The smallest absolute Gasteiger partial charge is 0.306 e. The van der Waals surface area contributed by atoms with Crippen LogP contribution in [0.5, 0.6) is 0 Å². The first-order chi connectivity index (χ1) is 11.2. The van der Waals surface area contributed by atoms with Crippen LogP contribution in [0.25, 0.3) is 0 Å². The predicted octanol–water partition coefficient (Wildman–Crippen LogP) is 1.70. The van der Waals surface area contributed by atoms with E-state index in [0.717, 1.165) is 0 Å². The largest absolute Gasteiger partial charge is 0.481 e. The van der Waals surface area contributed by atoms with E-state index in [1.165, 1.54) is 13.8 Å². The summed E-state index contributed by atoms with van der Waals surface area (Å²) in [5.41, 5.74) is 0. The molecule has 0 heterocycles. The lowest BCUT2D eigenvalue weighted by atomic mass is 10.00. The van der Waals surface area contributed by atoms with E-state index in [1.807, 2.05) is 6.92 Å². The highest BCUT2D eigenvalue weighted by Crippen LogP contribution is 2.13. The lowest BCUT2D eigenvalue weighted by Gasteiger charge is -2.17. The Labute approximate surface area is 141 Å². The molecule has 1 N–H and O–H groups in total. The minimum atomic E-state index is -0.837. The Morgan fingerprint density at radius 2 is 1.50 bits per heavy atom. The van der Waals surface area contributed by atoms with Gasteiger partial charge >= 0.3 is 23.9 Å². The van der Waals surface area contributed by atoms with Gasteiger partial charge in [0.25, 0.3) is 0 Å². The van der Waals surface area contributed by atoms with Crippen LogP contribution in [0.4, 0.5) is 0 Å². The summed E-state index contributed by atoms with van der Waals surface area (Å²) in [6.45, 7) is 3.95. The van der Waals surface area contributed by atoms with Crippen molar-refractivity contribution in [2.45, 2.75) is 59.0 Å². The van der Waals surface area contributed by atoms with Crippen molar-refractivity contribution in [3.8, 4) is 0 Å². The molecule has 0 amide bonds. The Kier molecular flexibility index (Phi) is 11.2. The molecule has 0 aromatic rings. The van der Waals surface area contributed by atoms with Crippen molar-refractivity contribution in [2.24, 2.45) is 5.92 Å². The molecule has 8 heteroatoms. The second kappa shape index (κ2) is 12.3. The van der Waals surface area contributed by atoms with Crippen LogP contribution in [0, 0.1) is 5.92 Å². The Bertz CT molecular complexity index is 414. The maximum absolute atomic E-state index is 11.8. The molecule has 0 fully saturated rings. The molecule has 1 atom stereocenters. The van der Waals surface area contributed by atoms with E-state index in [1.54, 1.807) is 0 Å². The van der Waals surface area contributed by atoms with E-state index in [9.17, 15) is 19.2 Å². The van der Waals surface area contributed by atoms with Gasteiger partial charge in [-0.05, 0) is 12.3 Å². The molecular weight excluding hydrogens is 320 g/mol. The van der Waals surface area contributed by atoms with Crippen molar-refractivity contribution < 1.29 is 38.5 Å². The fourth-order valence-electron chi connectivity index (χ4n) is 1.94. The lowest BCUT2D eigenvalue weighted by molar-refractivity contribution is -0.165. The monoisotopic (exact) mass is 346 g/mol. The van der Waals surface area contributed by atoms with Gasteiger partial charge in [0.15, 0.2) is 6.10 Å². The molecule has 0 radical (unpaired) electrons. The van der Waals surface area contributed by atoms with Crippen LogP contribution >= 0.6 is 0 Å². The SMILES string of the molecule is CC(=O)OCC(COC(C)=O)OC(=O)CCCCC(C)CC(=O)O. The minimum absolute atomic E-state index is 0.0548. The van der Waals surface area contributed by atoms with Gasteiger partial charge in [0, 0.05) is 26.7 Å². The van der Waals surface area contributed by atoms with Crippen molar-refractivity contribution in [3.05, 3.63) is 0 Å². The first-order valence-electron chi connectivity index (χ1n) is 7.88. The number of hydrogen-bond donors (Lipinski definition) is 1. The molecule has 0 aromatic carbocycles. The summed E-state index contributed by atoms with van der Waals surface area (Å²) >= 11 is 0. The Balaban J connectivity index is 4.08. The summed E-state index contributed by atoms with van der Waals surface area (Å²) in [4.78, 5) is 43.9. The maximum atomic E-state index is 11.8. The highest BCUT2D eigenvalue weighted by Gasteiger charge is 2.18. The average molecular weight is 346 g/mol. The number of carboxylic acids is 1. The summed E-state index contributed by atoms with van der Waals surface area (Å²) in [5, 5.41) is 8.66. The van der Waals surface area contributed by atoms with Gasteiger partial charge in [-0.1, -0.05) is 19.8 Å².